The van der Waals surface area contributed by atoms with Crippen LogP contribution in [0.2, 0.25) is 0 Å². The van der Waals surface area contributed by atoms with Gasteiger partial charge in [-0.05, 0) is 43.7 Å². The second-order valence-corrected chi connectivity index (χ2v) is 7.68. The minimum Gasteiger partial charge on any atom is -0.304 e. The molecule has 0 radical (unpaired) electrons. The maximum Gasteiger partial charge on any atom is 0.416 e. The highest BCUT2D eigenvalue weighted by molar-refractivity contribution is 5.80. The van der Waals surface area contributed by atoms with Gasteiger partial charge in [0.1, 0.15) is 11.1 Å². The van der Waals surface area contributed by atoms with E-state index in [0.717, 1.165) is 12.1 Å². The maximum absolute atomic E-state index is 12.9. The first-order valence-electron chi connectivity index (χ1n) is 10.1. The molecule has 0 saturated heterocycles. The maximum atomic E-state index is 12.9. The molecule has 0 aliphatic carbocycles. The molecule has 1 N–H and O–H groups in total. The Morgan fingerprint density at radius 1 is 1.00 bits per heavy atom. The molecule has 0 fully saturated rings. The predicted octanol–water partition coefficient (Wildman–Crippen LogP) is 4.67. The molecule has 3 heterocycles. The number of rotatable bonds is 3. The molecule has 0 bridgehead atoms. The molecule has 2 aromatic carbocycles. The highest BCUT2D eigenvalue weighted by Crippen LogP contribution is 2.31. The molecule has 166 valence electrons. The average Bonchev–Trinajstić information content (AvgIpc) is 3.14. The van der Waals surface area contributed by atoms with Crippen molar-refractivity contribution >= 4 is 22.1 Å². The van der Waals surface area contributed by atoms with E-state index in [2.05, 4.69) is 25.0 Å². The third-order valence-electron chi connectivity index (χ3n) is 5.52. The lowest BCUT2D eigenvalue weighted by molar-refractivity contribution is -0.137. The van der Waals surface area contributed by atoms with Crippen molar-refractivity contribution < 1.29 is 13.2 Å². The molecule has 0 saturated carbocycles. The van der Waals surface area contributed by atoms with Crippen LogP contribution in [0.25, 0.3) is 33.6 Å². The van der Waals surface area contributed by atoms with Gasteiger partial charge in [0, 0.05) is 0 Å². The Hall–Kier alpha value is -4.08. The fourth-order valence-electron chi connectivity index (χ4n) is 3.77. The van der Waals surface area contributed by atoms with E-state index in [1.54, 1.807) is 18.5 Å². The van der Waals surface area contributed by atoms with Gasteiger partial charge >= 0.3 is 6.18 Å². The van der Waals surface area contributed by atoms with Crippen LogP contribution in [0.3, 0.4) is 0 Å². The van der Waals surface area contributed by atoms with Gasteiger partial charge in [-0.15, -0.1) is 0 Å². The van der Waals surface area contributed by atoms with Crippen molar-refractivity contribution in [2.24, 2.45) is 0 Å². The van der Waals surface area contributed by atoms with Crippen LogP contribution in [0.4, 0.5) is 13.2 Å². The highest BCUT2D eigenvalue weighted by Gasteiger charge is 2.30. The largest absolute Gasteiger partial charge is 0.416 e. The number of fused-ring (bicyclic) bond motifs is 2. The van der Waals surface area contributed by atoms with E-state index in [1.165, 1.54) is 18.3 Å². The standard InChI is InChI=1S/C23H17F3N6O/c1-12-19-21(32(31-12)13(2)14-7-9-15(10-8-14)23(24,25)26)29-20(30-22(19)33)18-11-27-16-5-3-4-6-17(16)28-18/h3-11,13H,1-2H3,(H,29,30,33). The molecule has 0 aliphatic rings. The van der Waals surface area contributed by atoms with Crippen molar-refractivity contribution in [3.63, 3.8) is 0 Å². The Morgan fingerprint density at radius 3 is 2.39 bits per heavy atom. The van der Waals surface area contributed by atoms with Gasteiger partial charge in [-0.3, -0.25) is 9.78 Å². The summed E-state index contributed by atoms with van der Waals surface area (Å²) in [6.45, 7) is 3.47. The van der Waals surface area contributed by atoms with Crippen LogP contribution in [-0.2, 0) is 6.18 Å². The van der Waals surface area contributed by atoms with Gasteiger partial charge in [-0.1, -0.05) is 24.3 Å². The summed E-state index contributed by atoms with van der Waals surface area (Å²) in [5, 5.41) is 4.77. The summed E-state index contributed by atoms with van der Waals surface area (Å²) in [7, 11) is 0. The van der Waals surface area contributed by atoms with Crippen molar-refractivity contribution in [1.29, 1.82) is 0 Å². The first-order chi connectivity index (χ1) is 15.7. The molecule has 7 nitrogen and oxygen atoms in total. The summed E-state index contributed by atoms with van der Waals surface area (Å²) in [5.74, 6) is 0.228. The summed E-state index contributed by atoms with van der Waals surface area (Å²) in [6, 6.07) is 11.7. The number of nitrogens with zero attached hydrogens (tertiary/aromatic N) is 5. The molecule has 3 aromatic heterocycles. The van der Waals surface area contributed by atoms with Gasteiger partial charge in [0.25, 0.3) is 5.56 Å². The molecular weight excluding hydrogens is 433 g/mol. The van der Waals surface area contributed by atoms with Gasteiger partial charge in [0.05, 0.1) is 34.5 Å². The van der Waals surface area contributed by atoms with E-state index < -0.39 is 17.8 Å². The molecule has 33 heavy (non-hydrogen) atoms. The molecule has 5 aromatic rings. The Morgan fingerprint density at radius 2 is 1.70 bits per heavy atom. The number of aromatic amines is 1. The van der Waals surface area contributed by atoms with Crippen LogP contribution in [-0.4, -0.2) is 29.7 Å². The smallest absolute Gasteiger partial charge is 0.304 e. The number of para-hydroxylation sites is 2. The molecule has 0 spiro atoms. The molecule has 1 atom stereocenters. The molecule has 1 unspecified atom stereocenters. The Labute approximate surface area is 185 Å². The van der Waals surface area contributed by atoms with E-state index in [-0.39, 0.29) is 11.4 Å². The third kappa shape index (κ3) is 3.63. The van der Waals surface area contributed by atoms with Crippen LogP contribution < -0.4 is 5.56 Å². The van der Waals surface area contributed by atoms with Crippen molar-refractivity contribution in [3.8, 4) is 11.5 Å². The number of halogens is 3. The Bertz CT molecular complexity index is 1550. The van der Waals surface area contributed by atoms with E-state index >= 15 is 0 Å². The quantitative estimate of drug-likeness (QED) is 0.432. The fraction of sp³-hybridized carbons (Fsp3) is 0.174. The third-order valence-corrected chi connectivity index (χ3v) is 5.52. The number of benzene rings is 2. The molecular formula is C23H17F3N6O. The van der Waals surface area contributed by atoms with Crippen LogP contribution in [0.1, 0.15) is 29.8 Å². The zero-order chi connectivity index (χ0) is 23.3. The summed E-state index contributed by atoms with van der Waals surface area (Å²) in [6.07, 6.45) is -2.89. The minimum atomic E-state index is -4.42. The van der Waals surface area contributed by atoms with Crippen molar-refractivity contribution in [2.75, 3.05) is 0 Å². The number of aromatic nitrogens is 6. The predicted molar refractivity (Wildman–Crippen MR) is 117 cm³/mol. The molecule has 5 rings (SSSR count). The number of hydrogen-bond donors (Lipinski definition) is 1. The first-order valence-corrected chi connectivity index (χ1v) is 10.1. The topological polar surface area (TPSA) is 89.3 Å². The molecule has 10 heteroatoms. The summed E-state index contributed by atoms with van der Waals surface area (Å²) >= 11 is 0. The van der Waals surface area contributed by atoms with Crippen LogP contribution in [0.15, 0.2) is 59.5 Å². The van der Waals surface area contributed by atoms with Crippen molar-refractivity contribution in [1.82, 2.24) is 29.7 Å². The van der Waals surface area contributed by atoms with E-state index in [4.69, 9.17) is 0 Å². The van der Waals surface area contributed by atoms with Crippen LogP contribution in [0.5, 0.6) is 0 Å². The number of aryl methyl sites for hydroxylation is 1. The SMILES string of the molecule is Cc1nn(C(C)c2ccc(C(F)(F)F)cc2)c2nc(-c3cnc4ccccc4n3)[nH]c(=O)c12. The van der Waals surface area contributed by atoms with Crippen molar-refractivity contribution in [2.45, 2.75) is 26.1 Å². The number of H-pyrrole nitrogens is 1. The number of nitrogens with one attached hydrogen (secondary N) is 1. The first kappa shape index (κ1) is 20.8. The fourth-order valence-corrected chi connectivity index (χ4v) is 3.77. The highest BCUT2D eigenvalue weighted by atomic mass is 19.4. The van der Waals surface area contributed by atoms with Gasteiger partial charge in [-0.25, -0.2) is 14.6 Å². The Balaban J connectivity index is 1.62. The van der Waals surface area contributed by atoms with E-state index in [1.807, 2.05) is 24.3 Å². The van der Waals surface area contributed by atoms with Gasteiger partial charge in [0.15, 0.2) is 11.5 Å². The van der Waals surface area contributed by atoms with Crippen molar-refractivity contribution in [3.05, 3.63) is 81.9 Å². The lowest BCUT2D eigenvalue weighted by Gasteiger charge is -2.15. The summed E-state index contributed by atoms with van der Waals surface area (Å²) in [5.41, 5.74) is 2.02. The second-order valence-electron chi connectivity index (χ2n) is 7.68. The summed E-state index contributed by atoms with van der Waals surface area (Å²) < 4.78 is 40.3. The second kappa shape index (κ2) is 7.51. The normalized spacial score (nSPS) is 13.0. The lowest BCUT2D eigenvalue weighted by Crippen LogP contribution is -2.14. The average molecular weight is 450 g/mol. The van der Waals surface area contributed by atoms with E-state index in [9.17, 15) is 18.0 Å². The van der Waals surface area contributed by atoms with Crippen LogP contribution >= 0.6 is 0 Å². The zero-order valence-electron chi connectivity index (χ0n) is 17.6. The summed E-state index contributed by atoms with van der Waals surface area (Å²) in [4.78, 5) is 29.1. The van der Waals surface area contributed by atoms with E-state index in [0.29, 0.717) is 39.0 Å². The monoisotopic (exact) mass is 450 g/mol. The molecule has 0 aliphatic heterocycles. The van der Waals surface area contributed by atoms with Crippen LogP contribution in [0, 0.1) is 6.92 Å². The van der Waals surface area contributed by atoms with Gasteiger partial charge in [0.2, 0.25) is 0 Å². The minimum absolute atomic E-state index is 0.228. The number of alkyl halides is 3. The van der Waals surface area contributed by atoms with Gasteiger partial charge in [-0.2, -0.15) is 18.3 Å². The number of hydrogen-bond acceptors (Lipinski definition) is 5. The zero-order valence-corrected chi connectivity index (χ0v) is 17.6. The molecule has 0 amide bonds. The lowest BCUT2D eigenvalue weighted by atomic mass is 10.1. The Kier molecular flexibility index (Phi) is 4.73. The van der Waals surface area contributed by atoms with Gasteiger partial charge < -0.3 is 4.98 Å².